The van der Waals surface area contributed by atoms with Gasteiger partial charge in [-0.1, -0.05) is 0 Å². The van der Waals surface area contributed by atoms with Crippen LogP contribution in [0, 0.1) is 0 Å². The number of carbonyl (C=O) groups excluding carboxylic acids is 1. The normalized spacial score (nSPS) is 23.7. The number of carbonyl (C=O) groups is 1. The maximum atomic E-state index is 11.2. The molecule has 1 fully saturated rings. The molecule has 0 aliphatic heterocycles. The van der Waals surface area contributed by atoms with Gasteiger partial charge in [-0.05, 0) is 38.2 Å². The summed E-state index contributed by atoms with van der Waals surface area (Å²) >= 11 is 0. The number of hydrogen-bond donors (Lipinski definition) is 1. The van der Waals surface area contributed by atoms with Crippen molar-refractivity contribution in [1.29, 1.82) is 0 Å². The zero-order valence-corrected chi connectivity index (χ0v) is 8.97. The van der Waals surface area contributed by atoms with E-state index in [1.165, 1.54) is 6.92 Å². The Hall–Kier alpha value is -1.12. The molecule has 0 spiro atoms. The van der Waals surface area contributed by atoms with E-state index in [-0.39, 0.29) is 5.78 Å². The molecule has 0 bridgehead atoms. The van der Waals surface area contributed by atoms with Crippen molar-refractivity contribution in [3.63, 3.8) is 0 Å². The van der Waals surface area contributed by atoms with Gasteiger partial charge in [0.15, 0.2) is 5.78 Å². The number of ketones is 1. The van der Waals surface area contributed by atoms with Gasteiger partial charge in [0.2, 0.25) is 0 Å². The highest BCUT2D eigenvalue weighted by molar-refractivity contribution is 6.08. The van der Waals surface area contributed by atoms with Gasteiger partial charge in [0.25, 0.3) is 0 Å². The fraction of sp³-hybridized carbons (Fsp3) is 0.636. The minimum atomic E-state index is -0.0364. The van der Waals surface area contributed by atoms with Gasteiger partial charge in [0.05, 0.1) is 5.70 Å². The van der Waals surface area contributed by atoms with Gasteiger partial charge in [-0.25, -0.2) is 0 Å². The Morgan fingerprint density at radius 2 is 2.07 bits per heavy atom. The highest BCUT2D eigenvalue weighted by Crippen LogP contribution is 2.22. The molecular formula is C11H18N2O. The second kappa shape index (κ2) is 4.94. The summed E-state index contributed by atoms with van der Waals surface area (Å²) in [6, 6.07) is 0. The molecule has 0 amide bonds. The average molecular weight is 194 g/mol. The lowest BCUT2D eigenvalue weighted by Gasteiger charge is -2.18. The molecule has 0 atom stereocenters. The van der Waals surface area contributed by atoms with Crippen molar-refractivity contribution < 1.29 is 4.79 Å². The lowest BCUT2D eigenvalue weighted by molar-refractivity contribution is -0.113. The third-order valence-electron chi connectivity index (χ3n) is 2.49. The summed E-state index contributed by atoms with van der Waals surface area (Å²) in [6.07, 6.45) is 4.15. The minimum Gasteiger partial charge on any atom is -0.396 e. The Balaban J connectivity index is 2.98. The van der Waals surface area contributed by atoms with E-state index in [0.29, 0.717) is 5.70 Å². The molecule has 1 saturated carbocycles. The molecule has 3 heteroatoms. The number of hydrogen-bond acceptors (Lipinski definition) is 3. The fourth-order valence-electron chi connectivity index (χ4n) is 1.76. The number of nitrogens with two attached hydrogens (primary N) is 1. The van der Waals surface area contributed by atoms with Crippen LogP contribution in [0.4, 0.5) is 0 Å². The first kappa shape index (κ1) is 11.0. The van der Waals surface area contributed by atoms with E-state index in [1.54, 1.807) is 0 Å². The van der Waals surface area contributed by atoms with Crippen LogP contribution in [0.1, 0.15) is 39.5 Å². The zero-order chi connectivity index (χ0) is 10.6. The van der Waals surface area contributed by atoms with Crippen molar-refractivity contribution >= 4 is 11.5 Å². The summed E-state index contributed by atoms with van der Waals surface area (Å²) in [6.45, 7) is 4.29. The van der Waals surface area contributed by atoms with Gasteiger partial charge in [-0.15, -0.1) is 0 Å². The summed E-state index contributed by atoms with van der Waals surface area (Å²) in [5.41, 5.74) is 8.21. The maximum absolute atomic E-state index is 11.2. The highest BCUT2D eigenvalue weighted by atomic mass is 16.1. The monoisotopic (exact) mass is 194 g/mol. The fourth-order valence-corrected chi connectivity index (χ4v) is 1.76. The highest BCUT2D eigenvalue weighted by Gasteiger charge is 2.17. The summed E-state index contributed by atoms with van der Waals surface area (Å²) in [5, 5.41) is 0. The van der Waals surface area contributed by atoms with Crippen molar-refractivity contribution in [2.75, 3.05) is 6.54 Å². The number of aliphatic imine (C=N–C) groups is 1. The average Bonchev–Trinajstić information content (AvgIpc) is 2.18. The van der Waals surface area contributed by atoms with Crippen LogP contribution in [0.15, 0.2) is 16.3 Å². The number of allylic oxidation sites excluding steroid dienone is 2. The predicted molar refractivity (Wildman–Crippen MR) is 58.3 cm³/mol. The van der Waals surface area contributed by atoms with E-state index in [0.717, 1.165) is 43.5 Å². The Morgan fingerprint density at radius 1 is 1.43 bits per heavy atom. The van der Waals surface area contributed by atoms with Crippen molar-refractivity contribution in [3.8, 4) is 0 Å². The van der Waals surface area contributed by atoms with E-state index < -0.39 is 0 Å². The Bertz CT molecular complexity index is 290. The SMILES string of the molecule is CCN=C1CCCC/C1=C(/N)C(C)=O. The number of Topliss-reactive ketones (excluding diaryl/α,β-unsaturated/α-hetero) is 1. The van der Waals surface area contributed by atoms with Crippen LogP contribution in [0.5, 0.6) is 0 Å². The zero-order valence-electron chi connectivity index (χ0n) is 8.97. The molecule has 78 valence electrons. The molecule has 1 rings (SSSR count). The van der Waals surface area contributed by atoms with Crippen molar-refractivity contribution in [3.05, 3.63) is 11.3 Å². The van der Waals surface area contributed by atoms with E-state index in [9.17, 15) is 4.79 Å². The maximum Gasteiger partial charge on any atom is 0.175 e. The van der Waals surface area contributed by atoms with Gasteiger partial charge in [-0.3, -0.25) is 9.79 Å². The summed E-state index contributed by atoms with van der Waals surface area (Å²) in [5.74, 6) is -0.0364. The third-order valence-corrected chi connectivity index (χ3v) is 2.49. The second-order valence-corrected chi connectivity index (χ2v) is 3.58. The molecule has 1 aliphatic rings. The topological polar surface area (TPSA) is 55.4 Å². The van der Waals surface area contributed by atoms with Crippen LogP contribution in [0.3, 0.4) is 0 Å². The van der Waals surface area contributed by atoms with Gasteiger partial charge in [-0.2, -0.15) is 0 Å². The molecular weight excluding hydrogens is 176 g/mol. The molecule has 0 unspecified atom stereocenters. The smallest absolute Gasteiger partial charge is 0.175 e. The van der Waals surface area contributed by atoms with Gasteiger partial charge < -0.3 is 5.73 Å². The molecule has 0 heterocycles. The molecule has 1 aliphatic carbocycles. The standard InChI is InChI=1S/C11H18N2O/c1-3-13-10-7-5-4-6-9(10)11(12)8(2)14/h3-7,12H2,1-2H3/b11-9-,13-10?. The minimum absolute atomic E-state index is 0.0364. The van der Waals surface area contributed by atoms with Crippen LogP contribution >= 0.6 is 0 Å². The Morgan fingerprint density at radius 3 is 2.64 bits per heavy atom. The molecule has 0 saturated heterocycles. The van der Waals surface area contributed by atoms with Crippen LogP contribution in [0.2, 0.25) is 0 Å². The number of rotatable bonds is 2. The summed E-state index contributed by atoms with van der Waals surface area (Å²) in [4.78, 5) is 15.6. The lowest BCUT2D eigenvalue weighted by Crippen LogP contribution is -2.19. The predicted octanol–water partition coefficient (Wildman–Crippen LogP) is 1.82. The van der Waals surface area contributed by atoms with Crippen molar-refractivity contribution in [2.45, 2.75) is 39.5 Å². The molecule has 3 nitrogen and oxygen atoms in total. The van der Waals surface area contributed by atoms with Gasteiger partial charge >= 0.3 is 0 Å². The van der Waals surface area contributed by atoms with E-state index >= 15 is 0 Å². The van der Waals surface area contributed by atoms with Crippen LogP contribution in [-0.2, 0) is 4.79 Å². The molecule has 14 heavy (non-hydrogen) atoms. The quantitative estimate of drug-likeness (QED) is 0.682. The lowest BCUT2D eigenvalue weighted by atomic mass is 9.90. The second-order valence-electron chi connectivity index (χ2n) is 3.58. The Labute approximate surface area is 85.1 Å². The summed E-state index contributed by atoms with van der Waals surface area (Å²) in [7, 11) is 0. The molecule has 2 N–H and O–H groups in total. The summed E-state index contributed by atoms with van der Waals surface area (Å²) < 4.78 is 0. The molecule has 0 aromatic heterocycles. The van der Waals surface area contributed by atoms with Crippen molar-refractivity contribution in [2.24, 2.45) is 10.7 Å². The van der Waals surface area contributed by atoms with E-state index in [1.807, 2.05) is 6.92 Å². The van der Waals surface area contributed by atoms with Crippen molar-refractivity contribution in [1.82, 2.24) is 0 Å². The largest absolute Gasteiger partial charge is 0.396 e. The van der Waals surface area contributed by atoms with Crippen LogP contribution in [0.25, 0.3) is 0 Å². The third kappa shape index (κ3) is 2.44. The van der Waals surface area contributed by atoms with Gasteiger partial charge in [0, 0.05) is 19.2 Å². The van der Waals surface area contributed by atoms with Gasteiger partial charge in [0.1, 0.15) is 0 Å². The first-order chi connectivity index (χ1) is 6.66. The number of nitrogens with zero attached hydrogens (tertiary/aromatic N) is 1. The molecule has 0 radical (unpaired) electrons. The van der Waals surface area contributed by atoms with E-state index in [2.05, 4.69) is 4.99 Å². The Kier molecular flexibility index (Phi) is 3.86. The first-order valence-electron chi connectivity index (χ1n) is 5.20. The molecule has 0 aromatic rings. The van der Waals surface area contributed by atoms with Crippen LogP contribution < -0.4 is 5.73 Å². The van der Waals surface area contributed by atoms with E-state index in [4.69, 9.17) is 5.73 Å². The van der Waals surface area contributed by atoms with Crippen LogP contribution in [-0.4, -0.2) is 18.0 Å². The molecule has 0 aromatic carbocycles. The first-order valence-corrected chi connectivity index (χ1v) is 5.20.